The molecule has 0 aliphatic carbocycles. The SMILES string of the molecule is O=C(O)CCC(CCS(=O)[O-])C(=O)O. The summed E-state index contributed by atoms with van der Waals surface area (Å²) in [6.45, 7) is 0. The molecule has 0 rings (SSSR count). The molecule has 7 heteroatoms. The Hall–Kier alpha value is -0.950. The largest absolute Gasteiger partial charge is 0.772 e. The smallest absolute Gasteiger partial charge is 0.306 e. The van der Waals surface area contributed by atoms with E-state index < -0.39 is 28.9 Å². The first-order chi connectivity index (χ1) is 6.43. The van der Waals surface area contributed by atoms with Gasteiger partial charge in [0.25, 0.3) is 0 Å². The highest BCUT2D eigenvalue weighted by molar-refractivity contribution is 7.79. The Morgan fingerprint density at radius 1 is 1.29 bits per heavy atom. The molecule has 0 aromatic carbocycles. The molecule has 6 nitrogen and oxygen atoms in total. The van der Waals surface area contributed by atoms with Gasteiger partial charge in [-0.25, -0.2) is 0 Å². The van der Waals surface area contributed by atoms with Crippen molar-refractivity contribution in [3.63, 3.8) is 0 Å². The van der Waals surface area contributed by atoms with Crippen molar-refractivity contribution in [3.05, 3.63) is 0 Å². The lowest BCUT2D eigenvalue weighted by Crippen LogP contribution is -2.17. The van der Waals surface area contributed by atoms with E-state index in [1.54, 1.807) is 0 Å². The van der Waals surface area contributed by atoms with E-state index in [1.807, 2.05) is 0 Å². The number of carboxylic acids is 2. The van der Waals surface area contributed by atoms with Crippen LogP contribution in [0.4, 0.5) is 0 Å². The van der Waals surface area contributed by atoms with Gasteiger partial charge in [0.2, 0.25) is 0 Å². The first-order valence-electron chi connectivity index (χ1n) is 3.94. The predicted octanol–water partition coefficient (Wildman–Crippen LogP) is -0.179. The van der Waals surface area contributed by atoms with E-state index in [9.17, 15) is 18.4 Å². The van der Waals surface area contributed by atoms with Crippen LogP contribution in [0.15, 0.2) is 0 Å². The number of hydrogen-bond donors (Lipinski definition) is 2. The fourth-order valence-corrected chi connectivity index (χ4v) is 1.40. The summed E-state index contributed by atoms with van der Waals surface area (Å²) in [4.78, 5) is 20.7. The number of aliphatic carboxylic acids is 2. The Morgan fingerprint density at radius 3 is 2.21 bits per heavy atom. The van der Waals surface area contributed by atoms with Crippen LogP contribution in [0.25, 0.3) is 0 Å². The maximum absolute atomic E-state index is 10.5. The van der Waals surface area contributed by atoms with Crippen molar-refractivity contribution in [1.82, 2.24) is 0 Å². The second kappa shape index (κ2) is 6.50. The molecule has 2 unspecified atom stereocenters. The van der Waals surface area contributed by atoms with E-state index in [4.69, 9.17) is 10.2 Å². The normalized spacial score (nSPS) is 14.6. The molecule has 2 N–H and O–H groups in total. The van der Waals surface area contributed by atoms with Crippen LogP contribution in [0.3, 0.4) is 0 Å². The molecule has 0 saturated carbocycles. The Balaban J connectivity index is 3.96. The van der Waals surface area contributed by atoms with Crippen LogP contribution in [-0.2, 0) is 20.7 Å². The molecular formula is C7H11O6S-. The van der Waals surface area contributed by atoms with Crippen LogP contribution in [-0.4, -0.2) is 36.7 Å². The van der Waals surface area contributed by atoms with Crippen LogP contribution >= 0.6 is 0 Å². The summed E-state index contributed by atoms with van der Waals surface area (Å²) in [6.07, 6.45) is -0.344. The third-order valence-electron chi connectivity index (χ3n) is 1.69. The molecule has 0 radical (unpaired) electrons. The lowest BCUT2D eigenvalue weighted by molar-refractivity contribution is -0.143. The highest BCUT2D eigenvalue weighted by Gasteiger charge is 2.18. The van der Waals surface area contributed by atoms with Crippen LogP contribution in [0, 0.1) is 5.92 Å². The van der Waals surface area contributed by atoms with Gasteiger partial charge in [-0.1, -0.05) is 11.1 Å². The topological polar surface area (TPSA) is 115 Å². The Labute approximate surface area is 83.2 Å². The Kier molecular flexibility index (Phi) is 6.06. The first kappa shape index (κ1) is 13.1. The van der Waals surface area contributed by atoms with E-state index >= 15 is 0 Å². The Bertz CT molecular complexity index is 220. The van der Waals surface area contributed by atoms with Crippen molar-refractivity contribution in [1.29, 1.82) is 0 Å². The van der Waals surface area contributed by atoms with Gasteiger partial charge in [0.15, 0.2) is 0 Å². The van der Waals surface area contributed by atoms with Gasteiger partial charge >= 0.3 is 11.9 Å². The molecule has 82 valence electrons. The molecule has 0 aliphatic rings. The van der Waals surface area contributed by atoms with Crippen LogP contribution in [0.1, 0.15) is 19.3 Å². The highest BCUT2D eigenvalue weighted by Crippen LogP contribution is 2.12. The van der Waals surface area contributed by atoms with Crippen molar-refractivity contribution < 1.29 is 28.6 Å². The van der Waals surface area contributed by atoms with E-state index in [1.165, 1.54) is 0 Å². The summed E-state index contributed by atoms with van der Waals surface area (Å²) in [5, 5.41) is 16.9. The van der Waals surface area contributed by atoms with Gasteiger partial charge in [0, 0.05) is 12.2 Å². The van der Waals surface area contributed by atoms with E-state index in [0.717, 1.165) is 0 Å². The number of hydrogen-bond acceptors (Lipinski definition) is 4. The molecule has 0 aromatic rings. The number of carbonyl (C=O) groups is 2. The van der Waals surface area contributed by atoms with Crippen molar-refractivity contribution >= 4 is 23.0 Å². The van der Waals surface area contributed by atoms with E-state index in [0.29, 0.717) is 0 Å². The maximum atomic E-state index is 10.5. The molecule has 2 atom stereocenters. The summed E-state index contributed by atoms with van der Waals surface area (Å²) in [7, 11) is 0. The molecule has 0 aliphatic heterocycles. The zero-order valence-corrected chi connectivity index (χ0v) is 8.16. The van der Waals surface area contributed by atoms with Gasteiger partial charge < -0.3 is 14.8 Å². The summed E-state index contributed by atoms with van der Waals surface area (Å²) in [6, 6.07) is 0. The van der Waals surface area contributed by atoms with Crippen molar-refractivity contribution in [2.45, 2.75) is 19.3 Å². The van der Waals surface area contributed by atoms with Crippen LogP contribution < -0.4 is 0 Å². The third-order valence-corrected chi connectivity index (χ3v) is 2.26. The Morgan fingerprint density at radius 2 is 1.86 bits per heavy atom. The lowest BCUT2D eigenvalue weighted by Gasteiger charge is -2.11. The first-order valence-corrected chi connectivity index (χ1v) is 5.18. The average molecular weight is 223 g/mol. The third kappa shape index (κ3) is 6.55. The van der Waals surface area contributed by atoms with Crippen molar-refractivity contribution in [2.75, 3.05) is 5.75 Å². The fourth-order valence-electron chi connectivity index (χ4n) is 0.927. The second-order valence-electron chi connectivity index (χ2n) is 2.76. The quantitative estimate of drug-likeness (QED) is 0.578. The minimum Gasteiger partial charge on any atom is -0.772 e. The fraction of sp³-hybridized carbons (Fsp3) is 0.714. The monoisotopic (exact) mass is 223 g/mol. The molecule has 0 spiro atoms. The molecular weight excluding hydrogens is 212 g/mol. The number of rotatable bonds is 7. The zero-order chi connectivity index (χ0) is 11.1. The van der Waals surface area contributed by atoms with Crippen molar-refractivity contribution in [2.24, 2.45) is 5.92 Å². The van der Waals surface area contributed by atoms with E-state index in [-0.39, 0.29) is 25.0 Å². The van der Waals surface area contributed by atoms with Gasteiger partial charge in [-0.05, 0) is 12.8 Å². The standard InChI is InChI=1S/C7H12O6S/c8-6(9)2-1-5(7(10)11)3-4-14(12)13/h5H,1-4H2,(H,8,9)(H,10,11)(H,12,13)/p-1. The number of carboxylic acid groups (broad SMARTS) is 2. The summed E-state index contributed by atoms with van der Waals surface area (Å²) >= 11 is -2.28. The minimum atomic E-state index is -2.28. The maximum Gasteiger partial charge on any atom is 0.306 e. The molecule has 0 saturated heterocycles. The van der Waals surface area contributed by atoms with Gasteiger partial charge in [-0.2, -0.15) is 0 Å². The van der Waals surface area contributed by atoms with Gasteiger partial charge in [-0.3, -0.25) is 13.8 Å². The second-order valence-corrected chi connectivity index (χ2v) is 3.78. The van der Waals surface area contributed by atoms with Crippen LogP contribution in [0.5, 0.6) is 0 Å². The molecule has 0 heterocycles. The summed E-state index contributed by atoms with van der Waals surface area (Å²) in [5.41, 5.74) is 0. The highest BCUT2D eigenvalue weighted by atomic mass is 32.2. The molecule has 0 amide bonds. The molecule has 14 heavy (non-hydrogen) atoms. The molecule has 0 fully saturated rings. The molecule has 0 aromatic heterocycles. The minimum absolute atomic E-state index is 0.0398. The van der Waals surface area contributed by atoms with Gasteiger partial charge in [0.1, 0.15) is 0 Å². The lowest BCUT2D eigenvalue weighted by atomic mass is 10.0. The van der Waals surface area contributed by atoms with Crippen molar-refractivity contribution in [3.8, 4) is 0 Å². The summed E-state index contributed by atoms with van der Waals surface area (Å²) in [5.74, 6) is -3.39. The van der Waals surface area contributed by atoms with Gasteiger partial charge in [0.05, 0.1) is 5.92 Å². The summed E-state index contributed by atoms with van der Waals surface area (Å²) < 4.78 is 20.3. The average Bonchev–Trinajstić information content (AvgIpc) is 2.02. The van der Waals surface area contributed by atoms with E-state index in [2.05, 4.69) is 0 Å². The van der Waals surface area contributed by atoms with Gasteiger partial charge in [-0.15, -0.1) is 0 Å². The molecule has 0 bridgehead atoms. The van der Waals surface area contributed by atoms with Crippen LogP contribution in [0.2, 0.25) is 0 Å². The zero-order valence-electron chi connectivity index (χ0n) is 7.34. The predicted molar refractivity (Wildman–Crippen MR) is 46.4 cm³/mol.